The van der Waals surface area contributed by atoms with Gasteiger partial charge < -0.3 is 21.7 Å². The summed E-state index contributed by atoms with van der Waals surface area (Å²) in [5.41, 5.74) is 2.15. The smallest absolute Gasteiger partial charge is 0.366 e. The number of primary amides is 1. The Kier molecular flexibility index (Phi) is 6.56. The molecule has 1 aromatic rings. The number of carbonyl (C=O) groups is 5. The molecule has 4 rings (SSSR count). The number of amides is 4. The van der Waals surface area contributed by atoms with Crippen LogP contribution < -0.4 is 21.7 Å². The molecule has 1 aromatic carbocycles. The second-order valence-corrected chi connectivity index (χ2v) is 9.91. The molecule has 4 amide bonds. The Morgan fingerprint density at radius 1 is 1.19 bits per heavy atom. The molecule has 3 atom stereocenters. The van der Waals surface area contributed by atoms with Gasteiger partial charge in [-0.1, -0.05) is 12.1 Å². The van der Waals surface area contributed by atoms with E-state index in [9.17, 15) is 37.1 Å². The molecule has 0 spiro atoms. The number of benzene rings is 1. The summed E-state index contributed by atoms with van der Waals surface area (Å²) < 4.78 is 40.7. The first-order valence-electron chi connectivity index (χ1n) is 11.8. The minimum atomic E-state index is -4.81. The van der Waals surface area contributed by atoms with Gasteiger partial charge >= 0.3 is 6.18 Å². The van der Waals surface area contributed by atoms with Crippen LogP contribution in [0, 0.1) is 11.3 Å². The fourth-order valence-electron chi connectivity index (χ4n) is 4.66. The standard InChI is InChI=1S/C24H27F3N4O5/c1-11-9-12(20(34)29-11)10-16(18(32)21(35)30-13-5-6-13)14-3-2-4-15(19(28)33)17(14)31-22(36)23(7-8-23)24(25,26)27/h2-4,11-13,16H,5-10H2,1H3,(H2,28,33)(H,29,34)(H,30,35)(H,31,36)/t11-,12-,16+/m1/s1. The lowest BCUT2D eigenvalue weighted by Gasteiger charge is -2.25. The van der Waals surface area contributed by atoms with Crippen molar-refractivity contribution in [2.24, 2.45) is 17.1 Å². The Bertz CT molecular complexity index is 1130. The number of rotatable bonds is 9. The molecule has 5 N–H and O–H groups in total. The Hall–Kier alpha value is -3.44. The highest BCUT2D eigenvalue weighted by atomic mass is 19.4. The van der Waals surface area contributed by atoms with E-state index >= 15 is 0 Å². The van der Waals surface area contributed by atoms with Crippen LogP contribution >= 0.6 is 0 Å². The van der Waals surface area contributed by atoms with Gasteiger partial charge in [0.25, 0.3) is 11.8 Å². The van der Waals surface area contributed by atoms with Gasteiger partial charge in [-0.15, -0.1) is 0 Å². The molecule has 2 aliphatic carbocycles. The Morgan fingerprint density at radius 3 is 2.36 bits per heavy atom. The number of ketones is 1. The highest BCUT2D eigenvalue weighted by molar-refractivity contribution is 6.38. The highest BCUT2D eigenvalue weighted by Gasteiger charge is 2.68. The van der Waals surface area contributed by atoms with E-state index in [1.807, 2.05) is 0 Å². The molecule has 0 bridgehead atoms. The van der Waals surface area contributed by atoms with Crippen molar-refractivity contribution in [3.8, 4) is 0 Å². The fourth-order valence-corrected chi connectivity index (χ4v) is 4.66. The number of hydrogen-bond donors (Lipinski definition) is 4. The maximum absolute atomic E-state index is 13.6. The summed E-state index contributed by atoms with van der Waals surface area (Å²) in [4.78, 5) is 63.4. The first-order chi connectivity index (χ1) is 16.8. The maximum atomic E-state index is 13.6. The SMILES string of the molecule is C[C@@H]1C[C@H](C[C@H](C(=O)C(=O)NC2CC2)c2cccc(C(N)=O)c2NC(=O)C2(C(F)(F)F)CC2)C(=O)N1. The van der Waals surface area contributed by atoms with E-state index in [0.29, 0.717) is 19.3 Å². The molecular weight excluding hydrogens is 481 g/mol. The molecule has 36 heavy (non-hydrogen) atoms. The van der Waals surface area contributed by atoms with E-state index < -0.39 is 59.8 Å². The van der Waals surface area contributed by atoms with Crippen LogP contribution in [-0.4, -0.2) is 47.7 Å². The number of alkyl halides is 3. The Morgan fingerprint density at radius 2 is 1.86 bits per heavy atom. The lowest BCUT2D eigenvalue weighted by molar-refractivity contribution is -0.189. The number of Topliss-reactive ketones (excluding diaryl/α,β-unsaturated/α-hetero) is 1. The number of halogens is 3. The largest absolute Gasteiger partial charge is 0.403 e. The topological polar surface area (TPSA) is 147 Å². The monoisotopic (exact) mass is 508 g/mol. The number of nitrogens with two attached hydrogens (primary N) is 1. The average molecular weight is 508 g/mol. The normalized spacial score (nSPS) is 23.4. The van der Waals surface area contributed by atoms with Gasteiger partial charge in [0, 0.05) is 18.0 Å². The third kappa shape index (κ3) is 4.93. The van der Waals surface area contributed by atoms with Gasteiger partial charge in [0.2, 0.25) is 17.6 Å². The van der Waals surface area contributed by atoms with Gasteiger partial charge in [-0.2, -0.15) is 13.2 Å². The summed E-state index contributed by atoms with van der Waals surface area (Å²) in [5, 5.41) is 7.52. The van der Waals surface area contributed by atoms with Crippen molar-refractivity contribution < 1.29 is 37.1 Å². The summed E-state index contributed by atoms with van der Waals surface area (Å²) in [6.45, 7) is 1.78. The van der Waals surface area contributed by atoms with E-state index in [1.54, 1.807) is 6.92 Å². The minimum absolute atomic E-state index is 0.0408. The van der Waals surface area contributed by atoms with Crippen LogP contribution in [0.3, 0.4) is 0 Å². The van der Waals surface area contributed by atoms with Crippen molar-refractivity contribution in [2.45, 2.75) is 69.6 Å². The van der Waals surface area contributed by atoms with Gasteiger partial charge in [-0.25, -0.2) is 0 Å². The number of nitrogens with one attached hydrogen (secondary N) is 3. The van der Waals surface area contributed by atoms with Crippen LogP contribution in [-0.2, 0) is 19.2 Å². The Labute approximate surface area is 204 Å². The third-order valence-electron chi connectivity index (χ3n) is 7.07. The van der Waals surface area contributed by atoms with Crippen LogP contribution in [0.2, 0.25) is 0 Å². The lowest BCUT2D eigenvalue weighted by atomic mass is 9.82. The molecule has 12 heteroatoms. The number of para-hydroxylation sites is 1. The van der Waals surface area contributed by atoms with Crippen molar-refractivity contribution in [1.29, 1.82) is 0 Å². The van der Waals surface area contributed by atoms with Gasteiger partial charge in [0.05, 0.1) is 17.2 Å². The molecule has 1 heterocycles. The molecule has 9 nitrogen and oxygen atoms in total. The highest BCUT2D eigenvalue weighted by Crippen LogP contribution is 2.58. The molecule has 1 aliphatic heterocycles. The van der Waals surface area contributed by atoms with Crippen molar-refractivity contribution in [2.75, 3.05) is 5.32 Å². The van der Waals surface area contributed by atoms with E-state index in [-0.39, 0.29) is 41.2 Å². The second kappa shape index (κ2) is 9.21. The molecule has 3 fully saturated rings. The zero-order valence-electron chi connectivity index (χ0n) is 19.5. The molecule has 1 saturated heterocycles. The summed E-state index contributed by atoms with van der Waals surface area (Å²) in [5.74, 6) is -6.51. The molecule has 0 unspecified atom stereocenters. The van der Waals surface area contributed by atoms with Crippen LogP contribution in [0.1, 0.15) is 67.3 Å². The van der Waals surface area contributed by atoms with Crippen molar-refractivity contribution in [3.63, 3.8) is 0 Å². The van der Waals surface area contributed by atoms with Crippen molar-refractivity contribution in [3.05, 3.63) is 29.3 Å². The van der Waals surface area contributed by atoms with Gasteiger partial charge in [0.1, 0.15) is 5.41 Å². The number of carbonyl (C=O) groups excluding carboxylic acids is 5. The van der Waals surface area contributed by atoms with Crippen molar-refractivity contribution in [1.82, 2.24) is 10.6 Å². The van der Waals surface area contributed by atoms with E-state index in [1.165, 1.54) is 18.2 Å². The Balaban J connectivity index is 1.74. The van der Waals surface area contributed by atoms with Crippen LogP contribution in [0.4, 0.5) is 18.9 Å². The van der Waals surface area contributed by atoms with Gasteiger partial charge in [-0.3, -0.25) is 24.0 Å². The summed E-state index contributed by atoms with van der Waals surface area (Å²) in [7, 11) is 0. The summed E-state index contributed by atoms with van der Waals surface area (Å²) >= 11 is 0. The molecule has 0 radical (unpaired) electrons. The molecular formula is C24H27F3N4O5. The zero-order chi connectivity index (χ0) is 26.4. The zero-order valence-corrected chi connectivity index (χ0v) is 19.5. The summed E-state index contributed by atoms with van der Waals surface area (Å²) in [6.07, 6.45) is -3.97. The fraction of sp³-hybridized carbons (Fsp3) is 0.542. The molecule has 3 aliphatic rings. The maximum Gasteiger partial charge on any atom is 0.403 e. The predicted molar refractivity (Wildman–Crippen MR) is 121 cm³/mol. The lowest BCUT2D eigenvalue weighted by Crippen LogP contribution is -2.39. The molecule has 2 saturated carbocycles. The quantitative estimate of drug-likeness (QED) is 0.376. The van der Waals surface area contributed by atoms with Gasteiger partial charge in [0.15, 0.2) is 0 Å². The molecule has 0 aromatic heterocycles. The summed E-state index contributed by atoms with van der Waals surface area (Å²) in [6, 6.07) is 3.60. The van der Waals surface area contributed by atoms with E-state index in [0.717, 1.165) is 0 Å². The first kappa shape index (κ1) is 25.6. The second-order valence-electron chi connectivity index (χ2n) is 9.91. The van der Waals surface area contributed by atoms with Crippen LogP contribution in [0.15, 0.2) is 18.2 Å². The minimum Gasteiger partial charge on any atom is -0.366 e. The van der Waals surface area contributed by atoms with Crippen molar-refractivity contribution >= 4 is 35.1 Å². The third-order valence-corrected chi connectivity index (χ3v) is 7.07. The number of hydrogen-bond acceptors (Lipinski definition) is 5. The molecule has 194 valence electrons. The number of anilines is 1. The van der Waals surface area contributed by atoms with E-state index in [4.69, 9.17) is 5.73 Å². The first-order valence-corrected chi connectivity index (χ1v) is 11.8. The predicted octanol–water partition coefficient (Wildman–Crippen LogP) is 1.91. The van der Waals surface area contributed by atoms with Crippen LogP contribution in [0.25, 0.3) is 0 Å². The van der Waals surface area contributed by atoms with Crippen LogP contribution in [0.5, 0.6) is 0 Å². The van der Waals surface area contributed by atoms with Gasteiger partial charge in [-0.05, 0) is 57.1 Å². The average Bonchev–Trinajstić information content (AvgIpc) is 3.70. The van der Waals surface area contributed by atoms with E-state index in [2.05, 4.69) is 16.0 Å².